The maximum absolute atomic E-state index is 12.0. The Hall–Kier alpha value is -3.13. The third-order valence-electron chi connectivity index (χ3n) is 6.56. The molecular weight excluding hydrogens is 408 g/mol. The van der Waals surface area contributed by atoms with Crippen molar-refractivity contribution in [2.45, 2.75) is 38.3 Å². The molecule has 8 nitrogen and oxygen atoms in total. The van der Waals surface area contributed by atoms with E-state index in [0.717, 1.165) is 74.6 Å². The summed E-state index contributed by atoms with van der Waals surface area (Å²) < 4.78 is 12.8. The lowest BCUT2D eigenvalue weighted by atomic mass is 9.93. The summed E-state index contributed by atoms with van der Waals surface area (Å²) in [5.74, 6) is 2.11. The van der Waals surface area contributed by atoms with Gasteiger partial charge < -0.3 is 24.0 Å². The van der Waals surface area contributed by atoms with Crippen LogP contribution < -0.4 is 4.90 Å². The van der Waals surface area contributed by atoms with Crippen molar-refractivity contribution in [3.63, 3.8) is 0 Å². The van der Waals surface area contributed by atoms with Crippen LogP contribution in [0.2, 0.25) is 0 Å². The van der Waals surface area contributed by atoms with Crippen LogP contribution in [0.15, 0.2) is 36.4 Å². The third kappa shape index (κ3) is 4.14. The van der Waals surface area contributed by atoms with E-state index in [0.29, 0.717) is 11.5 Å². The number of anilines is 1. The van der Waals surface area contributed by atoms with E-state index < -0.39 is 0 Å². The van der Waals surface area contributed by atoms with Crippen LogP contribution in [0.4, 0.5) is 5.82 Å². The van der Waals surface area contributed by atoms with Crippen molar-refractivity contribution < 1.29 is 19.4 Å². The van der Waals surface area contributed by atoms with Gasteiger partial charge in [0.2, 0.25) is 5.88 Å². The number of pyridine rings is 1. The molecule has 3 aromatic rings. The maximum Gasteiger partial charge on any atom is 0.337 e. The topological polar surface area (TPSA) is 89.7 Å². The minimum absolute atomic E-state index is 0.0582. The summed E-state index contributed by atoms with van der Waals surface area (Å²) >= 11 is 0. The molecule has 32 heavy (non-hydrogen) atoms. The second kappa shape index (κ2) is 8.78. The molecule has 8 heteroatoms. The SMILES string of the molecule is COC(=O)c1ccc2nc(CC3CCN(c4cccc(O)n4)CC3)n(C[C@@H]3CCO3)c2c1. The van der Waals surface area contributed by atoms with Gasteiger partial charge in [-0.3, -0.25) is 0 Å². The molecule has 0 aliphatic carbocycles. The molecule has 5 rings (SSSR count). The monoisotopic (exact) mass is 436 g/mol. The Morgan fingerprint density at radius 2 is 2.00 bits per heavy atom. The number of rotatable bonds is 6. The fourth-order valence-electron chi connectivity index (χ4n) is 4.62. The van der Waals surface area contributed by atoms with Gasteiger partial charge in [0, 0.05) is 32.2 Å². The van der Waals surface area contributed by atoms with Crippen molar-refractivity contribution in [2.24, 2.45) is 5.92 Å². The first-order valence-corrected chi connectivity index (χ1v) is 11.2. The maximum atomic E-state index is 12.0. The molecule has 0 unspecified atom stereocenters. The average Bonchev–Trinajstić information content (AvgIpc) is 3.12. The Morgan fingerprint density at radius 1 is 1.19 bits per heavy atom. The molecule has 2 aliphatic heterocycles. The fourth-order valence-corrected chi connectivity index (χ4v) is 4.62. The molecule has 1 aromatic carbocycles. The number of nitrogens with zero attached hydrogens (tertiary/aromatic N) is 4. The van der Waals surface area contributed by atoms with Crippen LogP contribution >= 0.6 is 0 Å². The minimum Gasteiger partial charge on any atom is -0.493 e. The van der Waals surface area contributed by atoms with Crippen molar-refractivity contribution in [3.8, 4) is 5.88 Å². The lowest BCUT2D eigenvalue weighted by Crippen LogP contribution is -2.35. The Morgan fingerprint density at radius 3 is 2.69 bits per heavy atom. The predicted octanol–water partition coefficient (Wildman–Crippen LogP) is 3.17. The van der Waals surface area contributed by atoms with Gasteiger partial charge >= 0.3 is 5.97 Å². The predicted molar refractivity (Wildman–Crippen MR) is 120 cm³/mol. The first-order chi connectivity index (χ1) is 15.6. The number of imidazole rings is 1. The van der Waals surface area contributed by atoms with Gasteiger partial charge in [-0.15, -0.1) is 0 Å². The van der Waals surface area contributed by atoms with Gasteiger partial charge in [0.1, 0.15) is 11.6 Å². The number of hydrogen-bond acceptors (Lipinski definition) is 7. The van der Waals surface area contributed by atoms with Crippen molar-refractivity contribution >= 4 is 22.8 Å². The molecule has 2 aromatic heterocycles. The summed E-state index contributed by atoms with van der Waals surface area (Å²) in [4.78, 5) is 23.4. The summed E-state index contributed by atoms with van der Waals surface area (Å²) in [6.45, 7) is 3.36. The minimum atomic E-state index is -0.339. The smallest absolute Gasteiger partial charge is 0.337 e. The first kappa shape index (κ1) is 20.8. The van der Waals surface area contributed by atoms with E-state index in [9.17, 15) is 9.90 Å². The number of methoxy groups -OCH3 is 1. The highest BCUT2D eigenvalue weighted by molar-refractivity contribution is 5.93. The Labute approximate surface area is 186 Å². The van der Waals surface area contributed by atoms with Gasteiger partial charge in [0.25, 0.3) is 0 Å². The average molecular weight is 437 g/mol. The number of benzene rings is 1. The molecule has 1 atom stereocenters. The summed E-state index contributed by atoms with van der Waals surface area (Å²) in [6.07, 6.45) is 4.20. The highest BCUT2D eigenvalue weighted by Gasteiger charge is 2.26. The summed E-state index contributed by atoms with van der Waals surface area (Å²) in [7, 11) is 1.40. The third-order valence-corrected chi connectivity index (χ3v) is 6.56. The van der Waals surface area contributed by atoms with E-state index in [1.807, 2.05) is 24.3 Å². The van der Waals surface area contributed by atoms with Crippen molar-refractivity contribution in [2.75, 3.05) is 31.7 Å². The Kier molecular flexibility index (Phi) is 5.70. The number of piperidine rings is 1. The molecule has 0 spiro atoms. The number of esters is 1. The van der Waals surface area contributed by atoms with Gasteiger partial charge in [-0.05, 0) is 49.4 Å². The molecule has 4 heterocycles. The van der Waals surface area contributed by atoms with Crippen molar-refractivity contribution in [1.29, 1.82) is 0 Å². The van der Waals surface area contributed by atoms with Gasteiger partial charge in [0.15, 0.2) is 0 Å². The molecule has 2 fully saturated rings. The highest BCUT2D eigenvalue weighted by Crippen LogP contribution is 2.28. The standard InChI is InChI=1S/C24H28N4O4/c1-31-24(30)17-5-6-19-20(14-17)28(15-18-9-12-32-18)22(25-19)13-16-7-10-27(11-8-16)21-3-2-4-23(29)26-21/h2-6,14,16,18H,7-13,15H2,1H3,(H,26,29)/t18-/m0/s1. The molecule has 0 bridgehead atoms. The highest BCUT2D eigenvalue weighted by atomic mass is 16.5. The van der Waals surface area contributed by atoms with Gasteiger partial charge in [-0.1, -0.05) is 6.07 Å². The van der Waals surface area contributed by atoms with Crippen LogP contribution in [0.1, 0.15) is 35.4 Å². The van der Waals surface area contributed by atoms with Crippen LogP contribution in [0.3, 0.4) is 0 Å². The Balaban J connectivity index is 1.35. The van der Waals surface area contributed by atoms with Gasteiger partial charge in [0.05, 0.1) is 36.4 Å². The number of ether oxygens (including phenoxy) is 2. The normalized spacial score (nSPS) is 19.2. The van der Waals surface area contributed by atoms with E-state index in [-0.39, 0.29) is 18.0 Å². The molecular formula is C24H28N4O4. The van der Waals surface area contributed by atoms with E-state index in [1.54, 1.807) is 12.1 Å². The van der Waals surface area contributed by atoms with Crippen LogP contribution in [0, 0.1) is 5.92 Å². The summed E-state index contributed by atoms with van der Waals surface area (Å²) in [5.41, 5.74) is 2.39. The molecule has 2 aliphatic rings. The number of aromatic hydroxyl groups is 1. The molecule has 0 amide bonds. The summed E-state index contributed by atoms with van der Waals surface area (Å²) in [6, 6.07) is 10.9. The lowest BCUT2D eigenvalue weighted by Gasteiger charge is -2.33. The second-order valence-electron chi connectivity index (χ2n) is 8.60. The van der Waals surface area contributed by atoms with Crippen LogP contribution in [0.25, 0.3) is 11.0 Å². The number of fused-ring (bicyclic) bond motifs is 1. The molecule has 0 radical (unpaired) electrons. The molecule has 0 saturated carbocycles. The zero-order valence-corrected chi connectivity index (χ0v) is 18.2. The van der Waals surface area contributed by atoms with Gasteiger partial charge in [-0.2, -0.15) is 4.98 Å². The first-order valence-electron chi connectivity index (χ1n) is 11.2. The number of aromatic nitrogens is 3. The summed E-state index contributed by atoms with van der Waals surface area (Å²) in [5, 5.41) is 9.67. The quantitative estimate of drug-likeness (QED) is 0.594. The van der Waals surface area contributed by atoms with Crippen LogP contribution in [0.5, 0.6) is 5.88 Å². The number of carbonyl (C=O) groups is 1. The van der Waals surface area contributed by atoms with E-state index >= 15 is 0 Å². The van der Waals surface area contributed by atoms with E-state index in [4.69, 9.17) is 14.5 Å². The van der Waals surface area contributed by atoms with E-state index in [2.05, 4.69) is 14.5 Å². The van der Waals surface area contributed by atoms with Crippen molar-refractivity contribution in [3.05, 3.63) is 47.8 Å². The molecule has 168 valence electrons. The van der Waals surface area contributed by atoms with Gasteiger partial charge in [-0.25, -0.2) is 9.78 Å². The fraction of sp³-hybridized carbons (Fsp3) is 0.458. The molecule has 2 saturated heterocycles. The number of hydrogen-bond donors (Lipinski definition) is 1. The second-order valence-corrected chi connectivity index (χ2v) is 8.60. The van der Waals surface area contributed by atoms with Crippen molar-refractivity contribution in [1.82, 2.24) is 14.5 Å². The Bertz CT molecular complexity index is 1120. The lowest BCUT2D eigenvalue weighted by molar-refractivity contribution is -0.0590. The number of carbonyl (C=O) groups excluding carboxylic acids is 1. The van der Waals surface area contributed by atoms with E-state index in [1.165, 1.54) is 7.11 Å². The zero-order valence-electron chi connectivity index (χ0n) is 18.2. The largest absolute Gasteiger partial charge is 0.493 e. The molecule has 1 N–H and O–H groups in total. The zero-order chi connectivity index (χ0) is 22.1. The van der Waals surface area contributed by atoms with Crippen LogP contribution in [-0.2, 0) is 22.4 Å². The van der Waals surface area contributed by atoms with Crippen LogP contribution in [-0.4, -0.2) is 58.5 Å².